The fraction of sp³-hybridized carbons (Fsp3) is 0.385. The number of rotatable bonds is 3. The first kappa shape index (κ1) is 12.4. The summed E-state index contributed by atoms with van der Waals surface area (Å²) in [7, 11) is 0. The number of hydrogen-bond acceptors (Lipinski definition) is 3. The highest BCUT2D eigenvalue weighted by Crippen LogP contribution is 2.12. The third-order valence-electron chi connectivity index (χ3n) is 2.02. The number of pyridine rings is 1. The molecule has 3 nitrogen and oxygen atoms in total. The molecule has 0 spiro atoms. The van der Waals surface area contributed by atoms with Gasteiger partial charge in [0.1, 0.15) is 0 Å². The van der Waals surface area contributed by atoms with E-state index in [0.29, 0.717) is 12.3 Å². The molecule has 0 amide bonds. The van der Waals surface area contributed by atoms with Gasteiger partial charge in [0.2, 0.25) is 0 Å². The number of aryl methyl sites for hydroxylation is 1. The van der Waals surface area contributed by atoms with Crippen molar-refractivity contribution in [3.8, 4) is 0 Å². The minimum absolute atomic E-state index is 0.358. The van der Waals surface area contributed by atoms with Gasteiger partial charge in [0.15, 0.2) is 5.69 Å². The summed E-state index contributed by atoms with van der Waals surface area (Å²) in [4.78, 5) is 15.6. The molecule has 0 aliphatic carbocycles. The molecule has 1 aromatic heterocycles. The van der Waals surface area contributed by atoms with Gasteiger partial charge in [0.25, 0.3) is 0 Å². The Kier molecular flexibility index (Phi) is 4.23. The molecule has 0 atom stereocenters. The van der Waals surface area contributed by atoms with Crippen LogP contribution in [0.1, 0.15) is 42.4 Å². The summed E-state index contributed by atoms with van der Waals surface area (Å²) in [5.41, 5.74) is 3.44. The van der Waals surface area contributed by atoms with Crippen molar-refractivity contribution in [2.24, 2.45) is 0 Å². The van der Waals surface area contributed by atoms with Crippen molar-refractivity contribution < 1.29 is 9.53 Å². The van der Waals surface area contributed by atoms with Crippen molar-refractivity contribution in [3.63, 3.8) is 0 Å². The van der Waals surface area contributed by atoms with Crippen molar-refractivity contribution >= 4 is 12.0 Å². The van der Waals surface area contributed by atoms with Crippen molar-refractivity contribution in [3.05, 3.63) is 34.7 Å². The average Bonchev–Trinajstić information content (AvgIpc) is 2.16. The van der Waals surface area contributed by atoms with Gasteiger partial charge in [0.05, 0.1) is 6.61 Å². The predicted octanol–water partition coefficient (Wildman–Crippen LogP) is 2.99. The van der Waals surface area contributed by atoms with Crippen LogP contribution in [0.4, 0.5) is 0 Å². The minimum atomic E-state index is -0.358. The molecule has 16 heavy (non-hydrogen) atoms. The van der Waals surface area contributed by atoms with Crippen LogP contribution < -0.4 is 0 Å². The Morgan fingerprint density at radius 1 is 1.50 bits per heavy atom. The zero-order valence-electron chi connectivity index (χ0n) is 10.2. The number of carbonyl (C=O) groups excluding carboxylic acids is 1. The first-order valence-corrected chi connectivity index (χ1v) is 5.33. The highest BCUT2D eigenvalue weighted by atomic mass is 16.5. The van der Waals surface area contributed by atoms with E-state index in [4.69, 9.17) is 4.74 Å². The minimum Gasteiger partial charge on any atom is -0.461 e. The largest absolute Gasteiger partial charge is 0.461 e. The van der Waals surface area contributed by atoms with Crippen LogP contribution in [0, 0.1) is 6.92 Å². The van der Waals surface area contributed by atoms with E-state index in [1.54, 1.807) is 13.1 Å². The van der Waals surface area contributed by atoms with Crippen LogP contribution in [0.25, 0.3) is 6.08 Å². The first-order valence-electron chi connectivity index (χ1n) is 5.33. The standard InChI is InChI=1S/C13H17NO2/c1-5-16-13(15)12-10(4)7-11(8-14-12)6-9(2)3/h6-8H,5H2,1-4H3. The summed E-state index contributed by atoms with van der Waals surface area (Å²) >= 11 is 0. The molecule has 0 saturated heterocycles. The average molecular weight is 219 g/mol. The molecule has 0 fully saturated rings. The first-order chi connectivity index (χ1) is 7.54. The zero-order valence-corrected chi connectivity index (χ0v) is 10.2. The van der Waals surface area contributed by atoms with Gasteiger partial charge in [-0.1, -0.05) is 11.6 Å². The molecule has 3 heteroatoms. The number of aromatic nitrogens is 1. The van der Waals surface area contributed by atoms with Gasteiger partial charge in [-0.25, -0.2) is 9.78 Å². The molecular formula is C13H17NO2. The van der Waals surface area contributed by atoms with Gasteiger partial charge < -0.3 is 4.74 Å². The van der Waals surface area contributed by atoms with Crippen molar-refractivity contribution in [2.75, 3.05) is 6.61 Å². The molecule has 1 aromatic rings. The van der Waals surface area contributed by atoms with Crippen LogP contribution >= 0.6 is 0 Å². The summed E-state index contributed by atoms with van der Waals surface area (Å²) in [5.74, 6) is -0.358. The maximum atomic E-state index is 11.5. The van der Waals surface area contributed by atoms with Gasteiger partial charge in [-0.15, -0.1) is 0 Å². The van der Waals surface area contributed by atoms with E-state index in [-0.39, 0.29) is 5.97 Å². The Bertz CT molecular complexity index is 418. The molecule has 0 radical (unpaired) electrons. The van der Waals surface area contributed by atoms with E-state index in [9.17, 15) is 4.79 Å². The molecule has 0 saturated carbocycles. The summed E-state index contributed by atoms with van der Waals surface area (Å²) in [6.07, 6.45) is 3.71. The Morgan fingerprint density at radius 3 is 2.69 bits per heavy atom. The monoisotopic (exact) mass is 219 g/mol. The Hall–Kier alpha value is -1.64. The smallest absolute Gasteiger partial charge is 0.357 e. The van der Waals surface area contributed by atoms with E-state index >= 15 is 0 Å². The van der Waals surface area contributed by atoms with Crippen molar-refractivity contribution in [2.45, 2.75) is 27.7 Å². The van der Waals surface area contributed by atoms with Crippen LogP contribution in [-0.4, -0.2) is 17.6 Å². The molecule has 0 N–H and O–H groups in total. The van der Waals surface area contributed by atoms with Crippen molar-refractivity contribution in [1.82, 2.24) is 4.98 Å². The third kappa shape index (κ3) is 3.19. The second kappa shape index (κ2) is 5.45. The number of hydrogen-bond donors (Lipinski definition) is 0. The van der Waals surface area contributed by atoms with Gasteiger partial charge >= 0.3 is 5.97 Å². The van der Waals surface area contributed by atoms with E-state index in [2.05, 4.69) is 4.98 Å². The molecule has 1 rings (SSSR count). The van der Waals surface area contributed by atoms with Gasteiger partial charge in [-0.3, -0.25) is 0 Å². The van der Waals surface area contributed by atoms with E-state index < -0.39 is 0 Å². The summed E-state index contributed by atoms with van der Waals surface area (Å²) in [6.45, 7) is 8.06. The summed E-state index contributed by atoms with van der Waals surface area (Å²) < 4.78 is 4.91. The highest BCUT2D eigenvalue weighted by molar-refractivity contribution is 5.89. The second-order valence-electron chi connectivity index (χ2n) is 3.88. The molecule has 0 aromatic carbocycles. The quantitative estimate of drug-likeness (QED) is 0.733. The lowest BCUT2D eigenvalue weighted by Crippen LogP contribution is -2.09. The lowest BCUT2D eigenvalue weighted by molar-refractivity contribution is 0.0518. The van der Waals surface area contributed by atoms with Gasteiger partial charge in [0, 0.05) is 6.20 Å². The third-order valence-corrected chi connectivity index (χ3v) is 2.02. The van der Waals surface area contributed by atoms with Crippen LogP contribution in [0.3, 0.4) is 0 Å². The van der Waals surface area contributed by atoms with E-state index in [0.717, 1.165) is 11.1 Å². The predicted molar refractivity (Wildman–Crippen MR) is 64.3 cm³/mol. The fourth-order valence-electron chi connectivity index (χ4n) is 1.42. The lowest BCUT2D eigenvalue weighted by atomic mass is 10.1. The maximum Gasteiger partial charge on any atom is 0.357 e. The van der Waals surface area contributed by atoms with Gasteiger partial charge in [-0.05, 0) is 44.9 Å². The number of esters is 1. The molecule has 0 bridgehead atoms. The van der Waals surface area contributed by atoms with Crippen LogP contribution in [0.2, 0.25) is 0 Å². The summed E-state index contributed by atoms with van der Waals surface area (Å²) in [6, 6.07) is 1.94. The van der Waals surface area contributed by atoms with Gasteiger partial charge in [-0.2, -0.15) is 0 Å². The molecule has 0 unspecified atom stereocenters. The second-order valence-corrected chi connectivity index (χ2v) is 3.88. The summed E-state index contributed by atoms with van der Waals surface area (Å²) in [5, 5.41) is 0. The van der Waals surface area contributed by atoms with Crippen LogP contribution in [0.5, 0.6) is 0 Å². The van der Waals surface area contributed by atoms with E-state index in [1.165, 1.54) is 5.57 Å². The maximum absolute atomic E-state index is 11.5. The Balaban J connectivity index is 3.00. The van der Waals surface area contributed by atoms with Crippen molar-refractivity contribution in [1.29, 1.82) is 0 Å². The van der Waals surface area contributed by atoms with E-state index in [1.807, 2.05) is 32.9 Å². The Morgan fingerprint density at radius 2 is 2.19 bits per heavy atom. The van der Waals surface area contributed by atoms with Crippen LogP contribution in [-0.2, 0) is 4.74 Å². The number of nitrogens with zero attached hydrogens (tertiary/aromatic N) is 1. The lowest BCUT2D eigenvalue weighted by Gasteiger charge is -2.05. The number of ether oxygens (including phenoxy) is 1. The number of carbonyl (C=O) groups is 1. The number of allylic oxidation sites excluding steroid dienone is 1. The zero-order chi connectivity index (χ0) is 12.1. The fourth-order valence-corrected chi connectivity index (χ4v) is 1.42. The van der Waals surface area contributed by atoms with Crippen LogP contribution in [0.15, 0.2) is 17.8 Å². The SMILES string of the molecule is CCOC(=O)c1ncc(C=C(C)C)cc1C. The molecular weight excluding hydrogens is 202 g/mol. The molecule has 1 heterocycles. The topological polar surface area (TPSA) is 39.2 Å². The highest BCUT2D eigenvalue weighted by Gasteiger charge is 2.11. The molecule has 86 valence electrons. The normalized spacial score (nSPS) is 9.75. The molecule has 0 aliphatic heterocycles. The molecule has 0 aliphatic rings. The Labute approximate surface area is 96.2 Å².